The SMILES string of the molecule is N#Cc1ccc2c(c1)C[C@H](c1cc3cc(C#N)ccc3[nH]1)N2. The van der Waals surface area contributed by atoms with Crippen molar-refractivity contribution < 1.29 is 0 Å². The molecule has 1 aromatic heterocycles. The van der Waals surface area contributed by atoms with Crippen LogP contribution >= 0.6 is 0 Å². The van der Waals surface area contributed by atoms with Gasteiger partial charge in [0.05, 0.1) is 29.3 Å². The maximum atomic E-state index is 8.99. The van der Waals surface area contributed by atoms with Crippen LogP contribution in [0.1, 0.15) is 28.4 Å². The van der Waals surface area contributed by atoms with Crippen molar-refractivity contribution in [2.45, 2.75) is 12.5 Å². The standard InChI is InChI=1S/C18H12N4/c19-9-11-1-3-15-13(5-11)7-17(21-15)18-8-14-6-12(10-20)2-4-16(14)22-18/h1-7,18,21-22H,8H2/t18-/m1/s1. The number of aromatic amines is 1. The van der Waals surface area contributed by atoms with Crippen LogP contribution in [0, 0.1) is 22.7 Å². The number of nitriles is 2. The molecular formula is C18H12N4. The molecule has 0 unspecified atom stereocenters. The summed E-state index contributed by atoms with van der Waals surface area (Å²) in [6, 6.07) is 18.0. The smallest absolute Gasteiger partial charge is 0.0991 e. The minimum absolute atomic E-state index is 0.168. The zero-order chi connectivity index (χ0) is 15.1. The Kier molecular flexibility index (Phi) is 2.64. The Morgan fingerprint density at radius 1 is 0.955 bits per heavy atom. The topological polar surface area (TPSA) is 75.4 Å². The van der Waals surface area contributed by atoms with Gasteiger partial charge in [-0.05, 0) is 48.0 Å². The van der Waals surface area contributed by atoms with E-state index in [0.717, 1.165) is 28.7 Å². The van der Waals surface area contributed by atoms with Crippen molar-refractivity contribution in [3.8, 4) is 12.1 Å². The maximum absolute atomic E-state index is 8.99. The Bertz CT molecular complexity index is 969. The molecule has 4 heteroatoms. The number of hydrogen-bond donors (Lipinski definition) is 2. The fraction of sp³-hybridized carbons (Fsp3) is 0.111. The zero-order valence-corrected chi connectivity index (χ0v) is 11.7. The quantitative estimate of drug-likeness (QED) is 0.716. The first-order chi connectivity index (χ1) is 10.8. The molecule has 2 N–H and O–H groups in total. The van der Waals surface area contributed by atoms with E-state index in [4.69, 9.17) is 10.5 Å². The zero-order valence-electron chi connectivity index (χ0n) is 11.7. The molecule has 0 saturated heterocycles. The molecule has 1 atom stereocenters. The van der Waals surface area contributed by atoms with Gasteiger partial charge in [0.25, 0.3) is 0 Å². The first-order valence-electron chi connectivity index (χ1n) is 7.09. The first-order valence-corrected chi connectivity index (χ1v) is 7.09. The number of aromatic nitrogens is 1. The van der Waals surface area contributed by atoms with Crippen LogP contribution in [0.25, 0.3) is 10.9 Å². The summed E-state index contributed by atoms with van der Waals surface area (Å²) in [4.78, 5) is 3.42. The van der Waals surface area contributed by atoms with Gasteiger partial charge in [0, 0.05) is 28.7 Å². The van der Waals surface area contributed by atoms with Crippen LogP contribution in [-0.2, 0) is 6.42 Å². The van der Waals surface area contributed by atoms with E-state index in [1.54, 1.807) is 0 Å². The lowest BCUT2D eigenvalue weighted by molar-refractivity contribution is 0.799. The van der Waals surface area contributed by atoms with Crippen LogP contribution in [-0.4, -0.2) is 4.98 Å². The molecule has 0 fully saturated rings. The van der Waals surface area contributed by atoms with E-state index in [-0.39, 0.29) is 6.04 Å². The van der Waals surface area contributed by atoms with Crippen molar-refractivity contribution in [2.75, 3.05) is 5.32 Å². The van der Waals surface area contributed by atoms with Gasteiger partial charge in [-0.1, -0.05) is 0 Å². The van der Waals surface area contributed by atoms with Crippen LogP contribution < -0.4 is 5.32 Å². The Morgan fingerprint density at radius 3 is 2.55 bits per heavy atom. The molecule has 0 aliphatic carbocycles. The average molecular weight is 284 g/mol. The Balaban J connectivity index is 1.69. The molecule has 0 bridgehead atoms. The van der Waals surface area contributed by atoms with Crippen LogP contribution in [0.2, 0.25) is 0 Å². The number of nitrogens with one attached hydrogen (secondary N) is 2. The van der Waals surface area contributed by atoms with E-state index in [0.29, 0.717) is 11.1 Å². The van der Waals surface area contributed by atoms with E-state index in [9.17, 15) is 0 Å². The largest absolute Gasteiger partial charge is 0.376 e. The Labute approximate surface area is 127 Å². The molecule has 0 radical (unpaired) electrons. The highest BCUT2D eigenvalue weighted by Gasteiger charge is 2.23. The van der Waals surface area contributed by atoms with Crippen molar-refractivity contribution in [1.82, 2.24) is 4.98 Å². The molecule has 22 heavy (non-hydrogen) atoms. The molecule has 0 spiro atoms. The molecular weight excluding hydrogens is 272 g/mol. The van der Waals surface area contributed by atoms with Crippen molar-refractivity contribution in [3.05, 3.63) is 64.8 Å². The predicted octanol–water partition coefficient (Wildman–Crippen LogP) is 3.62. The van der Waals surface area contributed by atoms with Gasteiger partial charge < -0.3 is 10.3 Å². The lowest BCUT2D eigenvalue weighted by Gasteiger charge is -2.08. The van der Waals surface area contributed by atoms with E-state index in [2.05, 4.69) is 28.5 Å². The molecule has 4 rings (SSSR count). The fourth-order valence-electron chi connectivity index (χ4n) is 3.03. The van der Waals surface area contributed by atoms with Crippen LogP contribution in [0.5, 0.6) is 0 Å². The van der Waals surface area contributed by atoms with Gasteiger partial charge in [0.2, 0.25) is 0 Å². The summed E-state index contributed by atoms with van der Waals surface area (Å²) in [6.45, 7) is 0. The van der Waals surface area contributed by atoms with Gasteiger partial charge in [0.15, 0.2) is 0 Å². The van der Waals surface area contributed by atoms with Gasteiger partial charge >= 0.3 is 0 Å². The highest BCUT2D eigenvalue weighted by molar-refractivity contribution is 5.82. The van der Waals surface area contributed by atoms with Crippen LogP contribution in [0.15, 0.2) is 42.5 Å². The third kappa shape index (κ3) is 1.90. The second-order valence-electron chi connectivity index (χ2n) is 5.52. The molecule has 4 nitrogen and oxygen atoms in total. The monoisotopic (exact) mass is 284 g/mol. The Hall–Kier alpha value is -3.24. The number of hydrogen-bond acceptors (Lipinski definition) is 3. The lowest BCUT2D eigenvalue weighted by atomic mass is 10.1. The first kappa shape index (κ1) is 12.5. The summed E-state index contributed by atoms with van der Waals surface area (Å²) >= 11 is 0. The Morgan fingerprint density at radius 2 is 1.73 bits per heavy atom. The van der Waals surface area contributed by atoms with Gasteiger partial charge in [-0.3, -0.25) is 0 Å². The summed E-state index contributed by atoms with van der Waals surface area (Å²) in [5.41, 5.74) is 5.74. The molecule has 0 amide bonds. The van der Waals surface area contributed by atoms with Crippen LogP contribution in [0.3, 0.4) is 0 Å². The summed E-state index contributed by atoms with van der Waals surface area (Å²) in [5.74, 6) is 0. The molecule has 2 heterocycles. The van der Waals surface area contributed by atoms with Crippen molar-refractivity contribution in [3.63, 3.8) is 0 Å². The maximum Gasteiger partial charge on any atom is 0.0991 e. The number of rotatable bonds is 1. The number of fused-ring (bicyclic) bond motifs is 2. The van der Waals surface area contributed by atoms with E-state index in [1.807, 2.05) is 36.4 Å². The highest BCUT2D eigenvalue weighted by Crippen LogP contribution is 2.35. The number of nitrogens with zero attached hydrogens (tertiary/aromatic N) is 2. The number of benzene rings is 2. The molecule has 1 aliphatic rings. The second-order valence-corrected chi connectivity index (χ2v) is 5.52. The van der Waals surface area contributed by atoms with Crippen molar-refractivity contribution >= 4 is 16.6 Å². The van der Waals surface area contributed by atoms with E-state index >= 15 is 0 Å². The third-order valence-electron chi connectivity index (χ3n) is 4.13. The predicted molar refractivity (Wildman–Crippen MR) is 84.2 cm³/mol. The summed E-state index contributed by atoms with van der Waals surface area (Å²) in [6.07, 6.45) is 0.850. The van der Waals surface area contributed by atoms with Gasteiger partial charge in [-0.25, -0.2) is 0 Å². The van der Waals surface area contributed by atoms with Gasteiger partial charge in [-0.2, -0.15) is 10.5 Å². The average Bonchev–Trinajstić information content (AvgIpc) is 3.16. The summed E-state index contributed by atoms with van der Waals surface area (Å²) in [5, 5.41) is 22.5. The second kappa shape index (κ2) is 4.65. The van der Waals surface area contributed by atoms with Crippen LogP contribution in [0.4, 0.5) is 5.69 Å². The number of anilines is 1. The third-order valence-corrected chi connectivity index (χ3v) is 4.13. The fourth-order valence-corrected chi connectivity index (χ4v) is 3.03. The highest BCUT2D eigenvalue weighted by atomic mass is 15.0. The normalized spacial score (nSPS) is 15.8. The van der Waals surface area contributed by atoms with E-state index < -0.39 is 0 Å². The molecule has 2 aromatic carbocycles. The molecule has 0 saturated carbocycles. The molecule has 104 valence electrons. The summed E-state index contributed by atoms with van der Waals surface area (Å²) in [7, 11) is 0. The lowest BCUT2D eigenvalue weighted by Crippen LogP contribution is -2.05. The van der Waals surface area contributed by atoms with Crippen molar-refractivity contribution in [2.24, 2.45) is 0 Å². The number of H-pyrrole nitrogens is 1. The van der Waals surface area contributed by atoms with Crippen molar-refractivity contribution in [1.29, 1.82) is 10.5 Å². The van der Waals surface area contributed by atoms with Gasteiger partial charge in [-0.15, -0.1) is 0 Å². The minimum atomic E-state index is 0.168. The molecule has 3 aromatic rings. The summed E-state index contributed by atoms with van der Waals surface area (Å²) < 4.78 is 0. The van der Waals surface area contributed by atoms with E-state index in [1.165, 1.54) is 5.56 Å². The molecule has 1 aliphatic heterocycles. The van der Waals surface area contributed by atoms with Gasteiger partial charge in [0.1, 0.15) is 0 Å². The minimum Gasteiger partial charge on any atom is -0.376 e.